The Hall–Kier alpha value is -1.75. The van der Waals surface area contributed by atoms with E-state index in [0.717, 1.165) is 76.1 Å². The third-order valence-corrected chi connectivity index (χ3v) is 6.63. The van der Waals surface area contributed by atoms with E-state index >= 15 is 0 Å². The second-order valence-corrected chi connectivity index (χ2v) is 8.60. The van der Waals surface area contributed by atoms with Crippen molar-refractivity contribution in [1.29, 1.82) is 0 Å². The van der Waals surface area contributed by atoms with Crippen LogP contribution < -0.4 is 15.1 Å². The van der Waals surface area contributed by atoms with Crippen LogP contribution in [-0.2, 0) is 6.42 Å². The van der Waals surface area contributed by atoms with Gasteiger partial charge in [0.15, 0.2) is 11.1 Å². The third-order valence-electron chi connectivity index (χ3n) is 5.68. The number of phenols is 1. The van der Waals surface area contributed by atoms with Gasteiger partial charge in [0.25, 0.3) is 0 Å². The Kier molecular flexibility index (Phi) is 9.06. The average molecular weight is 557 g/mol. The number of nitrogens with one attached hydrogen (secondary N) is 1. The SMILES string of the molecule is CCNC(=NCCc1csc(N2CCCC2)n1)N1CCN(c2ccccc2O)CC1.I. The molecule has 2 aromatic rings. The molecular formula is C22H33IN6OS. The lowest BCUT2D eigenvalue weighted by Crippen LogP contribution is -2.52. The predicted octanol–water partition coefficient (Wildman–Crippen LogP) is 3.40. The fraction of sp³-hybridized carbons (Fsp3) is 0.545. The van der Waals surface area contributed by atoms with Crippen LogP contribution in [0.1, 0.15) is 25.5 Å². The Balaban J connectivity index is 0.00000272. The summed E-state index contributed by atoms with van der Waals surface area (Å²) in [5.74, 6) is 1.33. The van der Waals surface area contributed by atoms with Gasteiger partial charge in [0, 0.05) is 64.2 Å². The number of thiazole rings is 1. The Morgan fingerprint density at radius 3 is 2.55 bits per heavy atom. The number of anilines is 2. The minimum Gasteiger partial charge on any atom is -0.506 e. The van der Waals surface area contributed by atoms with Crippen LogP contribution >= 0.6 is 35.3 Å². The molecule has 2 aliphatic rings. The molecule has 2 fully saturated rings. The number of benzene rings is 1. The summed E-state index contributed by atoms with van der Waals surface area (Å²) < 4.78 is 0. The molecule has 0 atom stereocenters. The van der Waals surface area contributed by atoms with E-state index in [-0.39, 0.29) is 24.0 Å². The number of para-hydroxylation sites is 2. The molecule has 0 radical (unpaired) electrons. The largest absolute Gasteiger partial charge is 0.506 e. The van der Waals surface area contributed by atoms with Crippen LogP contribution in [0.5, 0.6) is 5.75 Å². The van der Waals surface area contributed by atoms with Gasteiger partial charge in [-0.05, 0) is 31.9 Å². The van der Waals surface area contributed by atoms with Crippen LogP contribution in [0.2, 0.25) is 0 Å². The number of piperazine rings is 1. The lowest BCUT2D eigenvalue weighted by molar-refractivity contribution is 0.370. The highest BCUT2D eigenvalue weighted by atomic mass is 127. The summed E-state index contributed by atoms with van der Waals surface area (Å²) in [7, 11) is 0. The van der Waals surface area contributed by atoms with Gasteiger partial charge in [0.2, 0.25) is 0 Å². The number of guanidine groups is 1. The van der Waals surface area contributed by atoms with E-state index in [4.69, 9.17) is 9.98 Å². The van der Waals surface area contributed by atoms with Gasteiger partial charge in [-0.25, -0.2) is 4.98 Å². The van der Waals surface area contributed by atoms with Crippen LogP contribution in [-0.4, -0.2) is 73.3 Å². The number of aromatic hydroxyl groups is 1. The highest BCUT2D eigenvalue weighted by Gasteiger charge is 2.21. The second kappa shape index (κ2) is 11.8. The van der Waals surface area contributed by atoms with Crippen molar-refractivity contribution in [3.05, 3.63) is 35.3 Å². The molecular weight excluding hydrogens is 523 g/mol. The smallest absolute Gasteiger partial charge is 0.194 e. The zero-order valence-corrected chi connectivity index (χ0v) is 21.3. The lowest BCUT2D eigenvalue weighted by Gasteiger charge is -2.37. The summed E-state index contributed by atoms with van der Waals surface area (Å²) in [4.78, 5) is 16.6. The first-order valence-electron chi connectivity index (χ1n) is 11.0. The van der Waals surface area contributed by atoms with Crippen LogP contribution in [0.4, 0.5) is 10.8 Å². The summed E-state index contributed by atoms with van der Waals surface area (Å²) in [6, 6.07) is 7.57. The Labute approximate surface area is 206 Å². The molecule has 0 unspecified atom stereocenters. The Bertz CT molecular complexity index is 846. The van der Waals surface area contributed by atoms with Gasteiger partial charge < -0.3 is 25.1 Å². The predicted molar refractivity (Wildman–Crippen MR) is 141 cm³/mol. The van der Waals surface area contributed by atoms with Crippen molar-refractivity contribution in [2.24, 2.45) is 4.99 Å². The molecule has 1 aromatic carbocycles. The molecule has 0 bridgehead atoms. The van der Waals surface area contributed by atoms with Crippen LogP contribution in [0.25, 0.3) is 0 Å². The van der Waals surface area contributed by atoms with Crippen LogP contribution in [0, 0.1) is 0 Å². The quantitative estimate of drug-likeness (QED) is 0.323. The molecule has 170 valence electrons. The van der Waals surface area contributed by atoms with Crippen LogP contribution in [0.15, 0.2) is 34.6 Å². The van der Waals surface area contributed by atoms with Crippen molar-refractivity contribution in [3.63, 3.8) is 0 Å². The maximum Gasteiger partial charge on any atom is 0.194 e. The summed E-state index contributed by atoms with van der Waals surface area (Å²) in [6.07, 6.45) is 3.43. The van der Waals surface area contributed by atoms with Gasteiger partial charge in [-0.2, -0.15) is 0 Å². The Morgan fingerprint density at radius 2 is 1.84 bits per heavy atom. The van der Waals surface area contributed by atoms with E-state index in [1.165, 1.54) is 18.0 Å². The summed E-state index contributed by atoms with van der Waals surface area (Å²) in [5.41, 5.74) is 2.06. The second-order valence-electron chi connectivity index (χ2n) is 7.76. The molecule has 0 aliphatic carbocycles. The number of hydrogen-bond donors (Lipinski definition) is 2. The van der Waals surface area contributed by atoms with E-state index in [0.29, 0.717) is 5.75 Å². The third kappa shape index (κ3) is 6.15. The number of aliphatic imine (C=N–C) groups is 1. The van der Waals surface area contributed by atoms with Crippen molar-refractivity contribution in [1.82, 2.24) is 15.2 Å². The number of nitrogens with zero attached hydrogens (tertiary/aromatic N) is 5. The lowest BCUT2D eigenvalue weighted by atomic mass is 10.2. The van der Waals surface area contributed by atoms with Crippen molar-refractivity contribution in [3.8, 4) is 5.75 Å². The maximum absolute atomic E-state index is 10.1. The average Bonchev–Trinajstić information content (AvgIpc) is 3.46. The minimum atomic E-state index is 0. The minimum absolute atomic E-state index is 0. The molecule has 1 aromatic heterocycles. The summed E-state index contributed by atoms with van der Waals surface area (Å²) in [5, 5.41) is 16.9. The van der Waals surface area contributed by atoms with E-state index in [9.17, 15) is 5.11 Å². The van der Waals surface area contributed by atoms with E-state index in [1.54, 1.807) is 17.4 Å². The van der Waals surface area contributed by atoms with Gasteiger partial charge in [0.1, 0.15) is 5.75 Å². The van der Waals surface area contributed by atoms with Crippen LogP contribution in [0.3, 0.4) is 0 Å². The highest BCUT2D eigenvalue weighted by molar-refractivity contribution is 14.0. The molecule has 2 saturated heterocycles. The molecule has 31 heavy (non-hydrogen) atoms. The first-order chi connectivity index (χ1) is 14.7. The van der Waals surface area contributed by atoms with Gasteiger partial charge in [-0.1, -0.05) is 12.1 Å². The van der Waals surface area contributed by atoms with E-state index < -0.39 is 0 Å². The van der Waals surface area contributed by atoms with Crippen molar-refractivity contribution >= 4 is 52.1 Å². The number of halogens is 1. The van der Waals surface area contributed by atoms with Crippen molar-refractivity contribution < 1.29 is 5.11 Å². The van der Waals surface area contributed by atoms with Crippen molar-refractivity contribution in [2.45, 2.75) is 26.2 Å². The number of rotatable bonds is 6. The monoisotopic (exact) mass is 556 g/mol. The molecule has 7 nitrogen and oxygen atoms in total. The van der Waals surface area contributed by atoms with Gasteiger partial charge in [-0.15, -0.1) is 35.3 Å². The highest BCUT2D eigenvalue weighted by Crippen LogP contribution is 2.27. The van der Waals surface area contributed by atoms with E-state index in [1.807, 2.05) is 18.2 Å². The fourth-order valence-electron chi connectivity index (χ4n) is 4.06. The fourth-order valence-corrected chi connectivity index (χ4v) is 4.97. The number of aromatic nitrogens is 1. The van der Waals surface area contributed by atoms with Gasteiger partial charge in [0.05, 0.1) is 11.4 Å². The standard InChI is InChI=1S/C22H32N6OS.HI/c1-2-23-21(24-10-9-18-17-30-22(25-18)28-11-5-6-12-28)27-15-13-26(14-16-27)19-7-3-4-8-20(19)29;/h3-4,7-8,17,29H,2,5-6,9-16H2,1H3,(H,23,24);1H. The maximum atomic E-state index is 10.1. The topological polar surface area (TPSA) is 67.2 Å². The first kappa shape index (κ1) is 23.9. The normalized spacial score (nSPS) is 17.1. The molecule has 0 amide bonds. The number of hydrogen-bond acceptors (Lipinski definition) is 6. The van der Waals surface area contributed by atoms with Gasteiger partial charge in [-0.3, -0.25) is 4.99 Å². The molecule has 4 rings (SSSR count). The zero-order chi connectivity index (χ0) is 20.8. The zero-order valence-electron chi connectivity index (χ0n) is 18.2. The molecule has 2 aliphatic heterocycles. The number of phenolic OH excluding ortho intramolecular Hbond substituents is 1. The summed E-state index contributed by atoms with van der Waals surface area (Å²) in [6.45, 7) is 9.49. The van der Waals surface area contributed by atoms with E-state index in [2.05, 4.69) is 32.3 Å². The molecule has 3 heterocycles. The summed E-state index contributed by atoms with van der Waals surface area (Å²) >= 11 is 1.76. The Morgan fingerprint density at radius 1 is 1.10 bits per heavy atom. The first-order valence-corrected chi connectivity index (χ1v) is 11.9. The van der Waals surface area contributed by atoms with Gasteiger partial charge >= 0.3 is 0 Å². The molecule has 0 saturated carbocycles. The molecule has 0 spiro atoms. The molecule has 2 N–H and O–H groups in total. The van der Waals surface area contributed by atoms with Crippen molar-refractivity contribution in [2.75, 3.05) is 62.2 Å². The molecule has 9 heteroatoms.